The minimum absolute atomic E-state index is 0.0506. The highest BCUT2D eigenvalue weighted by molar-refractivity contribution is 7.99. The van der Waals surface area contributed by atoms with E-state index in [-0.39, 0.29) is 40.8 Å². The minimum atomic E-state index is -4.31. The predicted molar refractivity (Wildman–Crippen MR) is 134 cm³/mol. The molecule has 14 heteroatoms. The fourth-order valence-corrected chi connectivity index (χ4v) is 5.70. The molecule has 204 valence electrons. The van der Waals surface area contributed by atoms with Gasteiger partial charge in [0.2, 0.25) is 5.91 Å². The number of amides is 1. The first kappa shape index (κ1) is 26.6. The summed E-state index contributed by atoms with van der Waals surface area (Å²) < 4.78 is 39.6. The van der Waals surface area contributed by atoms with Crippen molar-refractivity contribution >= 4 is 34.7 Å². The molecule has 1 amide bonds. The topological polar surface area (TPSA) is 138 Å². The van der Waals surface area contributed by atoms with Gasteiger partial charge in [-0.15, -0.1) is 5.10 Å². The Morgan fingerprint density at radius 2 is 1.92 bits per heavy atom. The smallest absolute Gasteiger partial charge is 0.389 e. The van der Waals surface area contributed by atoms with E-state index in [9.17, 15) is 28.2 Å². The number of aliphatic hydroxyl groups is 2. The number of carbonyl (C=O) groups is 1. The number of nitrogens with zero attached hydrogens (tertiary/aromatic N) is 5. The maximum Gasteiger partial charge on any atom is 0.389 e. The average Bonchev–Trinajstić information content (AvgIpc) is 3.41. The van der Waals surface area contributed by atoms with Gasteiger partial charge in [0.15, 0.2) is 22.1 Å². The third-order valence-corrected chi connectivity index (χ3v) is 7.76. The lowest BCUT2D eigenvalue weighted by Gasteiger charge is -2.17. The van der Waals surface area contributed by atoms with Gasteiger partial charge in [0, 0.05) is 24.3 Å². The van der Waals surface area contributed by atoms with Crippen molar-refractivity contribution in [3.63, 3.8) is 0 Å². The molecule has 5 rings (SSSR count). The number of hydrogen-bond donors (Lipinski definition) is 4. The second kappa shape index (κ2) is 10.7. The van der Waals surface area contributed by atoms with Crippen LogP contribution in [0.15, 0.2) is 35.5 Å². The van der Waals surface area contributed by atoms with Crippen molar-refractivity contribution in [1.82, 2.24) is 30.3 Å². The number of aromatic nitrogens is 5. The number of aliphatic hydroxyl groups excluding tert-OH is 2. The van der Waals surface area contributed by atoms with Crippen molar-refractivity contribution < 1.29 is 28.2 Å². The summed E-state index contributed by atoms with van der Waals surface area (Å²) in [5.41, 5.74) is 1.67. The summed E-state index contributed by atoms with van der Waals surface area (Å²) in [7, 11) is 0. The van der Waals surface area contributed by atoms with Gasteiger partial charge in [-0.3, -0.25) is 4.79 Å². The quantitative estimate of drug-likeness (QED) is 0.234. The zero-order valence-corrected chi connectivity index (χ0v) is 21.3. The zero-order valence-electron chi connectivity index (χ0n) is 20.5. The largest absolute Gasteiger partial charge is 0.390 e. The fraction of sp³-hybridized carbons (Fsp3) is 0.542. The molecule has 2 aliphatic rings. The number of anilines is 1. The maximum absolute atomic E-state index is 12.8. The molecule has 2 aromatic heterocycles. The molecule has 0 aliphatic heterocycles. The summed E-state index contributed by atoms with van der Waals surface area (Å²) in [6.45, 7) is 2.13. The van der Waals surface area contributed by atoms with Crippen LogP contribution in [0.5, 0.6) is 0 Å². The number of thioether (sulfide) groups is 1. The second-order valence-electron chi connectivity index (χ2n) is 9.56. The number of rotatable bonds is 9. The molecule has 3 aromatic rings. The number of alkyl halides is 3. The summed E-state index contributed by atoms with van der Waals surface area (Å²) >= 11 is 0.862. The minimum Gasteiger partial charge on any atom is -0.390 e. The van der Waals surface area contributed by atoms with Crippen LogP contribution in [-0.4, -0.2) is 77.8 Å². The number of benzene rings is 1. The monoisotopic (exact) mass is 551 g/mol. The number of nitrogens with one attached hydrogen (secondary N) is 2. The molecule has 4 N–H and O–H groups in total. The van der Waals surface area contributed by atoms with Gasteiger partial charge in [0.1, 0.15) is 6.10 Å². The highest BCUT2D eigenvalue weighted by Crippen LogP contribution is 2.44. The van der Waals surface area contributed by atoms with Crippen LogP contribution < -0.4 is 10.6 Å². The Morgan fingerprint density at radius 3 is 2.63 bits per heavy atom. The highest BCUT2D eigenvalue weighted by atomic mass is 32.2. The Morgan fingerprint density at radius 1 is 1.16 bits per heavy atom. The van der Waals surface area contributed by atoms with E-state index in [0.29, 0.717) is 17.9 Å². The van der Waals surface area contributed by atoms with Crippen LogP contribution in [0.3, 0.4) is 0 Å². The first-order chi connectivity index (χ1) is 18.2. The van der Waals surface area contributed by atoms with E-state index < -0.39 is 36.8 Å². The Balaban J connectivity index is 1.44. The molecule has 0 bridgehead atoms. The van der Waals surface area contributed by atoms with Crippen LogP contribution in [-0.2, 0) is 4.79 Å². The summed E-state index contributed by atoms with van der Waals surface area (Å²) in [5, 5.41) is 35.8. The zero-order chi connectivity index (χ0) is 27.0. The van der Waals surface area contributed by atoms with Gasteiger partial charge in [-0.1, -0.05) is 47.3 Å². The molecule has 38 heavy (non-hydrogen) atoms. The van der Waals surface area contributed by atoms with Gasteiger partial charge in [-0.05, 0) is 25.3 Å². The SMILES string of the molecule is CCNC(=O)[C@H]1C[C@@H](n2nnc3c(NC4CC4c4ccccc4)nc(SCCC(F)(F)F)nc32)[C@H](O)[C@@H]1O. The lowest BCUT2D eigenvalue weighted by molar-refractivity contribution is -0.130. The molecule has 0 radical (unpaired) electrons. The highest BCUT2D eigenvalue weighted by Gasteiger charge is 2.47. The molecule has 1 aromatic carbocycles. The lowest BCUT2D eigenvalue weighted by atomic mass is 10.0. The lowest BCUT2D eigenvalue weighted by Crippen LogP contribution is -2.38. The molecule has 0 spiro atoms. The third-order valence-electron chi connectivity index (χ3n) is 6.91. The molecular weight excluding hydrogens is 523 g/mol. The van der Waals surface area contributed by atoms with Gasteiger partial charge in [-0.25, -0.2) is 14.6 Å². The third kappa shape index (κ3) is 5.57. The molecule has 2 fully saturated rings. The molecule has 2 heterocycles. The average molecular weight is 552 g/mol. The van der Waals surface area contributed by atoms with Gasteiger partial charge in [-0.2, -0.15) is 13.2 Å². The van der Waals surface area contributed by atoms with E-state index in [2.05, 4.69) is 30.9 Å². The van der Waals surface area contributed by atoms with Crippen molar-refractivity contribution in [2.45, 2.75) is 67.7 Å². The van der Waals surface area contributed by atoms with Crippen molar-refractivity contribution in [1.29, 1.82) is 0 Å². The molecule has 0 saturated heterocycles. The predicted octanol–water partition coefficient (Wildman–Crippen LogP) is 2.65. The number of halogens is 3. The van der Waals surface area contributed by atoms with Crippen LogP contribution in [0, 0.1) is 5.92 Å². The van der Waals surface area contributed by atoms with Gasteiger partial charge in [0.05, 0.1) is 24.5 Å². The van der Waals surface area contributed by atoms with Crippen LogP contribution in [0.2, 0.25) is 0 Å². The van der Waals surface area contributed by atoms with E-state index in [4.69, 9.17) is 0 Å². The molecule has 2 aliphatic carbocycles. The molecule has 2 unspecified atom stereocenters. The van der Waals surface area contributed by atoms with Crippen LogP contribution in [0.1, 0.15) is 43.7 Å². The summed E-state index contributed by atoms with van der Waals surface area (Å²) in [6, 6.07) is 9.18. The van der Waals surface area contributed by atoms with Crippen LogP contribution in [0.4, 0.5) is 19.0 Å². The van der Waals surface area contributed by atoms with E-state index in [1.165, 1.54) is 4.68 Å². The van der Waals surface area contributed by atoms with Gasteiger partial charge >= 0.3 is 6.18 Å². The molecular formula is C24H28F3N7O3S. The normalized spacial score (nSPS) is 27.0. The van der Waals surface area contributed by atoms with E-state index >= 15 is 0 Å². The fourth-order valence-electron chi connectivity index (χ4n) is 4.87. The summed E-state index contributed by atoms with van der Waals surface area (Å²) in [4.78, 5) is 21.3. The molecule has 2 saturated carbocycles. The van der Waals surface area contributed by atoms with Crippen molar-refractivity contribution in [2.75, 3.05) is 17.6 Å². The van der Waals surface area contributed by atoms with Gasteiger partial charge < -0.3 is 20.8 Å². The maximum atomic E-state index is 12.8. The molecule has 6 atom stereocenters. The van der Waals surface area contributed by atoms with Gasteiger partial charge in [0.25, 0.3) is 0 Å². The summed E-state index contributed by atoms with van der Waals surface area (Å²) in [6.07, 6.45) is -7.00. The van der Waals surface area contributed by atoms with Crippen molar-refractivity contribution in [3.8, 4) is 0 Å². The van der Waals surface area contributed by atoms with E-state index in [1.807, 2.05) is 30.3 Å². The first-order valence-corrected chi connectivity index (χ1v) is 13.4. The standard InChI is InChI=1S/C24H28F3N7O3S/c1-2-28-22(37)14-11-16(19(36)18(14)35)34-21-17(32-33-34)20(30-23(31-21)38-9-8-24(25,26)27)29-15-10-13(15)12-6-4-3-5-7-12/h3-7,13-16,18-19,35-36H,2,8-11H2,1H3,(H,28,37)(H,29,30,31)/t13?,14-,15?,16+,18+,19-/m0/s1. The number of carbonyl (C=O) groups excluding carboxylic acids is 1. The van der Waals surface area contributed by atoms with Crippen molar-refractivity contribution in [3.05, 3.63) is 35.9 Å². The van der Waals surface area contributed by atoms with E-state index in [0.717, 1.165) is 23.7 Å². The van der Waals surface area contributed by atoms with E-state index in [1.54, 1.807) is 6.92 Å². The Hall–Kier alpha value is -2.97. The molecule has 10 nitrogen and oxygen atoms in total. The Kier molecular flexibility index (Phi) is 7.47. The second-order valence-corrected chi connectivity index (χ2v) is 10.6. The first-order valence-electron chi connectivity index (χ1n) is 12.4. The number of fused-ring (bicyclic) bond motifs is 1. The van der Waals surface area contributed by atoms with Crippen LogP contribution in [0.25, 0.3) is 11.2 Å². The van der Waals surface area contributed by atoms with Crippen LogP contribution >= 0.6 is 11.8 Å². The van der Waals surface area contributed by atoms with Crippen molar-refractivity contribution in [2.24, 2.45) is 5.92 Å². The Bertz CT molecular complexity index is 1290. The number of hydrogen-bond acceptors (Lipinski definition) is 9. The Labute approximate surface area is 220 Å². The summed E-state index contributed by atoms with van der Waals surface area (Å²) in [5.74, 6) is -0.912.